The van der Waals surface area contributed by atoms with Crippen LogP contribution in [0.5, 0.6) is 0 Å². The molecule has 0 unspecified atom stereocenters. The highest BCUT2D eigenvalue weighted by Gasteiger charge is 2.40. The van der Waals surface area contributed by atoms with Crippen LogP contribution in [0.15, 0.2) is 47.4 Å². The Labute approximate surface area is 149 Å². The summed E-state index contributed by atoms with van der Waals surface area (Å²) in [6.45, 7) is 3.83. The molecule has 1 aliphatic heterocycles. The molecule has 1 aliphatic rings. The molecule has 0 aliphatic carbocycles. The molecular weight excluding hydrogens is 338 g/mol. The quantitative estimate of drug-likeness (QED) is 0.851. The maximum absolute atomic E-state index is 12.8. The molecule has 0 saturated carbocycles. The minimum atomic E-state index is -1.05. The summed E-state index contributed by atoms with van der Waals surface area (Å²) in [4.78, 5) is 38.2. The molecule has 6 heteroatoms. The van der Waals surface area contributed by atoms with E-state index in [1.54, 1.807) is 30.3 Å². The van der Waals surface area contributed by atoms with E-state index in [4.69, 9.17) is 0 Å². The first-order valence-electron chi connectivity index (χ1n) is 7.81. The van der Waals surface area contributed by atoms with Gasteiger partial charge in [-0.1, -0.05) is 18.2 Å². The Morgan fingerprint density at radius 2 is 1.76 bits per heavy atom. The molecular formula is C19H17NO4S. The summed E-state index contributed by atoms with van der Waals surface area (Å²) in [7, 11) is 0. The summed E-state index contributed by atoms with van der Waals surface area (Å²) in [6.07, 6.45) is 0.0600. The average molecular weight is 355 g/mol. The van der Waals surface area contributed by atoms with Gasteiger partial charge in [-0.15, -0.1) is 11.8 Å². The van der Waals surface area contributed by atoms with Crippen LogP contribution in [0.2, 0.25) is 0 Å². The number of carbonyl (C=O) groups is 3. The van der Waals surface area contributed by atoms with Crippen LogP contribution in [0.4, 0.5) is 5.69 Å². The Morgan fingerprint density at radius 1 is 1.12 bits per heavy atom. The van der Waals surface area contributed by atoms with E-state index in [1.165, 1.54) is 11.0 Å². The molecule has 1 atom stereocenters. The van der Waals surface area contributed by atoms with Crippen molar-refractivity contribution in [1.82, 2.24) is 0 Å². The highest BCUT2D eigenvalue weighted by molar-refractivity contribution is 8.00. The number of imide groups is 1. The number of hydrogen-bond acceptors (Lipinski definition) is 4. The molecule has 2 aromatic carbocycles. The Hall–Kier alpha value is -2.60. The molecule has 0 radical (unpaired) electrons. The van der Waals surface area contributed by atoms with Crippen LogP contribution in [0, 0.1) is 13.8 Å². The summed E-state index contributed by atoms with van der Waals surface area (Å²) in [6, 6.07) is 12.1. The first-order valence-corrected chi connectivity index (χ1v) is 8.69. The minimum absolute atomic E-state index is 0.0600. The molecule has 1 saturated heterocycles. The Bertz CT molecular complexity index is 857. The lowest BCUT2D eigenvalue weighted by Crippen LogP contribution is -2.31. The second-order valence-corrected chi connectivity index (χ2v) is 7.27. The fraction of sp³-hybridized carbons (Fsp3) is 0.211. The summed E-state index contributed by atoms with van der Waals surface area (Å²) in [5, 5.41) is 8.66. The lowest BCUT2D eigenvalue weighted by atomic mass is 10.1. The number of thioether (sulfide) groups is 1. The van der Waals surface area contributed by atoms with Crippen molar-refractivity contribution in [1.29, 1.82) is 0 Å². The van der Waals surface area contributed by atoms with Crippen molar-refractivity contribution in [2.45, 2.75) is 30.4 Å². The molecule has 0 aromatic heterocycles. The molecule has 1 heterocycles. The Kier molecular flexibility index (Phi) is 4.63. The van der Waals surface area contributed by atoms with Crippen molar-refractivity contribution >= 4 is 35.2 Å². The summed E-state index contributed by atoms with van der Waals surface area (Å²) in [5.41, 5.74) is 2.66. The molecule has 0 bridgehead atoms. The van der Waals surface area contributed by atoms with Gasteiger partial charge in [0, 0.05) is 11.3 Å². The van der Waals surface area contributed by atoms with Gasteiger partial charge >= 0.3 is 5.97 Å². The van der Waals surface area contributed by atoms with E-state index in [-0.39, 0.29) is 23.8 Å². The number of benzene rings is 2. The Morgan fingerprint density at radius 3 is 2.40 bits per heavy atom. The highest BCUT2D eigenvalue weighted by atomic mass is 32.2. The predicted octanol–water partition coefficient (Wildman–Crippen LogP) is 3.43. The lowest BCUT2D eigenvalue weighted by molar-refractivity contribution is -0.121. The topological polar surface area (TPSA) is 74.7 Å². The largest absolute Gasteiger partial charge is 0.478 e. The molecule has 1 N–H and O–H groups in total. The number of aromatic carboxylic acids is 1. The van der Waals surface area contributed by atoms with Crippen LogP contribution in [0.3, 0.4) is 0 Å². The summed E-state index contributed by atoms with van der Waals surface area (Å²) < 4.78 is 0. The van der Waals surface area contributed by atoms with Gasteiger partial charge in [0.1, 0.15) is 0 Å². The number of aryl methyl sites for hydroxylation is 2. The zero-order valence-corrected chi connectivity index (χ0v) is 14.7. The first kappa shape index (κ1) is 17.2. The number of rotatable bonds is 4. The minimum Gasteiger partial charge on any atom is -0.478 e. The van der Waals surface area contributed by atoms with Gasteiger partial charge in [-0.3, -0.25) is 9.59 Å². The van der Waals surface area contributed by atoms with Gasteiger partial charge in [0.25, 0.3) is 0 Å². The molecule has 2 amide bonds. The predicted molar refractivity (Wildman–Crippen MR) is 96.1 cm³/mol. The van der Waals surface area contributed by atoms with E-state index >= 15 is 0 Å². The van der Waals surface area contributed by atoms with Crippen LogP contribution < -0.4 is 4.90 Å². The van der Waals surface area contributed by atoms with Gasteiger partial charge in [0.05, 0.1) is 16.5 Å². The monoisotopic (exact) mass is 355 g/mol. The number of amides is 2. The van der Waals surface area contributed by atoms with Gasteiger partial charge in [0.2, 0.25) is 11.8 Å². The van der Waals surface area contributed by atoms with Crippen LogP contribution in [-0.2, 0) is 9.59 Å². The smallest absolute Gasteiger partial charge is 0.336 e. The van der Waals surface area contributed by atoms with E-state index in [9.17, 15) is 19.5 Å². The Balaban J connectivity index is 1.88. The van der Waals surface area contributed by atoms with E-state index in [2.05, 4.69) is 0 Å². The normalized spacial score (nSPS) is 17.2. The van der Waals surface area contributed by atoms with Crippen LogP contribution in [0.25, 0.3) is 0 Å². The van der Waals surface area contributed by atoms with Crippen LogP contribution in [-0.4, -0.2) is 28.1 Å². The van der Waals surface area contributed by atoms with E-state index in [0.29, 0.717) is 10.6 Å². The fourth-order valence-corrected chi connectivity index (χ4v) is 4.12. The third-order valence-corrected chi connectivity index (χ3v) is 5.22. The third-order valence-electron chi connectivity index (χ3n) is 3.96. The fourth-order valence-electron chi connectivity index (χ4n) is 2.95. The maximum atomic E-state index is 12.8. The van der Waals surface area contributed by atoms with E-state index in [1.807, 2.05) is 19.9 Å². The molecule has 128 valence electrons. The second-order valence-electron chi connectivity index (χ2n) is 6.03. The summed E-state index contributed by atoms with van der Waals surface area (Å²) >= 11 is 1.13. The standard InChI is InChI=1S/C19H17NO4S/c1-11-7-12(2)9-13(8-11)20-17(21)10-16(18(20)22)25-15-6-4-3-5-14(15)19(23)24/h3-9,16H,10H2,1-2H3,(H,23,24)/t16-/m1/s1. The van der Waals surface area contributed by atoms with Crippen molar-refractivity contribution in [3.8, 4) is 0 Å². The molecule has 1 fully saturated rings. The zero-order chi connectivity index (χ0) is 18.1. The van der Waals surface area contributed by atoms with Crippen molar-refractivity contribution < 1.29 is 19.5 Å². The lowest BCUT2D eigenvalue weighted by Gasteiger charge is -2.16. The highest BCUT2D eigenvalue weighted by Crippen LogP contribution is 2.35. The zero-order valence-electron chi connectivity index (χ0n) is 13.9. The number of carboxylic acids is 1. The number of anilines is 1. The molecule has 5 nitrogen and oxygen atoms in total. The molecule has 0 spiro atoms. The van der Waals surface area contributed by atoms with Crippen LogP contribution >= 0.6 is 11.8 Å². The van der Waals surface area contributed by atoms with Crippen LogP contribution in [0.1, 0.15) is 27.9 Å². The number of carboxylic acid groups (broad SMARTS) is 1. The third kappa shape index (κ3) is 3.44. The summed E-state index contributed by atoms with van der Waals surface area (Å²) in [5.74, 6) is -1.62. The average Bonchev–Trinajstić information content (AvgIpc) is 2.80. The molecule has 2 aromatic rings. The number of nitrogens with zero attached hydrogens (tertiary/aromatic N) is 1. The first-order chi connectivity index (χ1) is 11.9. The maximum Gasteiger partial charge on any atom is 0.336 e. The van der Waals surface area contributed by atoms with E-state index in [0.717, 1.165) is 22.9 Å². The van der Waals surface area contributed by atoms with Crippen molar-refractivity contribution in [3.05, 3.63) is 59.2 Å². The molecule has 3 rings (SSSR count). The van der Waals surface area contributed by atoms with Gasteiger partial charge in [-0.25, -0.2) is 9.69 Å². The van der Waals surface area contributed by atoms with E-state index < -0.39 is 11.2 Å². The van der Waals surface area contributed by atoms with Gasteiger partial charge < -0.3 is 5.11 Å². The van der Waals surface area contributed by atoms with Crippen molar-refractivity contribution in [2.24, 2.45) is 0 Å². The molecule has 25 heavy (non-hydrogen) atoms. The van der Waals surface area contributed by atoms with Gasteiger partial charge in [-0.2, -0.15) is 0 Å². The van der Waals surface area contributed by atoms with Gasteiger partial charge in [-0.05, 0) is 49.2 Å². The second kappa shape index (κ2) is 6.72. The number of hydrogen-bond donors (Lipinski definition) is 1. The SMILES string of the molecule is Cc1cc(C)cc(N2C(=O)C[C@@H](Sc3ccccc3C(=O)O)C2=O)c1. The number of carbonyl (C=O) groups excluding carboxylic acids is 2. The van der Waals surface area contributed by atoms with Crippen molar-refractivity contribution in [3.63, 3.8) is 0 Å². The van der Waals surface area contributed by atoms with Crippen molar-refractivity contribution in [2.75, 3.05) is 4.90 Å². The van der Waals surface area contributed by atoms with Gasteiger partial charge in [0.15, 0.2) is 0 Å².